The summed E-state index contributed by atoms with van der Waals surface area (Å²) in [5.41, 5.74) is 2.27. The van der Waals surface area contributed by atoms with E-state index >= 15 is 0 Å². The lowest BCUT2D eigenvalue weighted by molar-refractivity contribution is 0.0842. The first-order valence-corrected chi connectivity index (χ1v) is 8.85. The predicted molar refractivity (Wildman–Crippen MR) is 96.5 cm³/mol. The average molecular weight is 342 g/mol. The lowest BCUT2D eigenvalue weighted by Crippen LogP contribution is -2.36. The van der Waals surface area contributed by atoms with Crippen molar-refractivity contribution in [3.8, 4) is 0 Å². The van der Waals surface area contributed by atoms with Crippen LogP contribution in [-0.2, 0) is 11.8 Å². The fourth-order valence-electron chi connectivity index (χ4n) is 3.67. The second kappa shape index (κ2) is 6.53. The molecule has 4 rings (SSSR count). The Hall–Kier alpha value is -1.92. The minimum atomic E-state index is 0.0579. The molecule has 2 aliphatic rings. The number of aryl methyl sites for hydroxylation is 1. The lowest BCUT2D eigenvalue weighted by Gasteiger charge is -2.29. The molecule has 2 saturated heterocycles. The van der Waals surface area contributed by atoms with Crippen LogP contribution < -0.4 is 5.32 Å². The first-order chi connectivity index (χ1) is 11.7. The molecule has 126 valence electrons. The van der Waals surface area contributed by atoms with Gasteiger partial charge in [0.05, 0.1) is 23.9 Å². The molecule has 0 bridgehead atoms. The Labute approximate surface area is 147 Å². The molecule has 6 heteroatoms. The maximum atomic E-state index is 5.84. The zero-order valence-electron chi connectivity index (χ0n) is 13.8. The summed E-state index contributed by atoms with van der Waals surface area (Å²) >= 11 is 5.66. The van der Waals surface area contributed by atoms with E-state index in [2.05, 4.69) is 44.3 Å². The molecule has 0 aromatic carbocycles. The van der Waals surface area contributed by atoms with Crippen LogP contribution in [0.2, 0.25) is 0 Å². The Balaban J connectivity index is 1.67. The summed E-state index contributed by atoms with van der Waals surface area (Å²) in [5.74, 6) is 0. The van der Waals surface area contributed by atoms with Gasteiger partial charge in [0.1, 0.15) is 0 Å². The Bertz CT molecular complexity index is 711. The molecule has 4 heterocycles. The molecule has 2 aliphatic heterocycles. The van der Waals surface area contributed by atoms with Crippen molar-refractivity contribution in [2.75, 3.05) is 13.2 Å². The van der Waals surface area contributed by atoms with Gasteiger partial charge in [0.2, 0.25) is 0 Å². The van der Waals surface area contributed by atoms with Crippen LogP contribution in [0.15, 0.2) is 42.9 Å². The Morgan fingerprint density at radius 2 is 2.29 bits per heavy atom. The summed E-state index contributed by atoms with van der Waals surface area (Å²) in [5, 5.41) is 4.27. The fraction of sp³-hybridized carbons (Fsp3) is 0.444. The maximum absolute atomic E-state index is 5.84. The van der Waals surface area contributed by atoms with Crippen LogP contribution in [-0.4, -0.2) is 38.8 Å². The van der Waals surface area contributed by atoms with Crippen molar-refractivity contribution in [3.63, 3.8) is 0 Å². The zero-order valence-corrected chi connectivity index (χ0v) is 14.6. The van der Waals surface area contributed by atoms with E-state index in [0.717, 1.165) is 36.8 Å². The van der Waals surface area contributed by atoms with Crippen LogP contribution >= 0.6 is 12.2 Å². The number of thiocarbonyl (C=S) groups is 1. The van der Waals surface area contributed by atoms with Crippen LogP contribution in [0.4, 0.5) is 0 Å². The van der Waals surface area contributed by atoms with E-state index in [1.165, 1.54) is 5.56 Å². The number of nitrogens with one attached hydrogen (secondary N) is 1. The monoisotopic (exact) mass is 342 g/mol. The van der Waals surface area contributed by atoms with Gasteiger partial charge in [0.15, 0.2) is 5.11 Å². The largest absolute Gasteiger partial charge is 0.376 e. The first kappa shape index (κ1) is 15.6. The maximum Gasteiger partial charge on any atom is 0.170 e. The minimum Gasteiger partial charge on any atom is -0.376 e. The second-order valence-electron chi connectivity index (χ2n) is 6.52. The molecule has 0 unspecified atom stereocenters. The zero-order chi connectivity index (χ0) is 16.5. The smallest absolute Gasteiger partial charge is 0.170 e. The van der Waals surface area contributed by atoms with Crippen LogP contribution in [0, 0.1) is 0 Å². The summed E-state index contributed by atoms with van der Waals surface area (Å²) < 4.78 is 7.92. The molecule has 0 aliphatic carbocycles. The van der Waals surface area contributed by atoms with E-state index in [1.807, 2.05) is 25.4 Å². The van der Waals surface area contributed by atoms with Gasteiger partial charge in [0.25, 0.3) is 0 Å². The summed E-state index contributed by atoms with van der Waals surface area (Å²) in [7, 11) is 2.05. The Morgan fingerprint density at radius 1 is 1.38 bits per heavy atom. The van der Waals surface area contributed by atoms with Crippen molar-refractivity contribution in [2.24, 2.45) is 7.05 Å². The van der Waals surface area contributed by atoms with Gasteiger partial charge in [-0.3, -0.25) is 4.98 Å². The highest BCUT2D eigenvalue weighted by Crippen LogP contribution is 2.39. The molecule has 0 radical (unpaired) electrons. The van der Waals surface area contributed by atoms with Gasteiger partial charge in [-0.1, -0.05) is 6.07 Å². The topological polar surface area (TPSA) is 42.3 Å². The molecule has 1 N–H and O–H groups in total. The highest BCUT2D eigenvalue weighted by molar-refractivity contribution is 7.80. The van der Waals surface area contributed by atoms with E-state index in [0.29, 0.717) is 0 Å². The standard InChI is InChI=1S/C18H22N4OS/c1-21-9-7-13(11-21)17-16(15-6-2-3-8-19-15)20-18(24)22(17)12-14-5-4-10-23-14/h2-3,6-9,11,14,16-17H,4-5,10,12H2,1H3,(H,20,24)/t14-,16-,17-/m0/s1. The Morgan fingerprint density at radius 3 is 2.96 bits per heavy atom. The molecule has 5 nitrogen and oxygen atoms in total. The average Bonchev–Trinajstić information content (AvgIpc) is 3.31. The Kier molecular flexibility index (Phi) is 4.24. The molecular formula is C18H22N4OS. The van der Waals surface area contributed by atoms with Gasteiger partial charge in [0, 0.05) is 38.8 Å². The van der Waals surface area contributed by atoms with E-state index in [9.17, 15) is 0 Å². The highest BCUT2D eigenvalue weighted by Gasteiger charge is 2.41. The van der Waals surface area contributed by atoms with Crippen molar-refractivity contribution in [3.05, 3.63) is 54.1 Å². The van der Waals surface area contributed by atoms with Crippen LogP contribution in [0.3, 0.4) is 0 Å². The lowest BCUT2D eigenvalue weighted by atomic mass is 9.99. The molecule has 0 spiro atoms. The van der Waals surface area contributed by atoms with E-state index in [4.69, 9.17) is 17.0 Å². The third-order valence-electron chi connectivity index (χ3n) is 4.82. The first-order valence-electron chi connectivity index (χ1n) is 8.44. The third-order valence-corrected chi connectivity index (χ3v) is 5.17. The van der Waals surface area contributed by atoms with Gasteiger partial charge >= 0.3 is 0 Å². The van der Waals surface area contributed by atoms with Gasteiger partial charge in [-0.25, -0.2) is 0 Å². The molecule has 0 amide bonds. The highest BCUT2D eigenvalue weighted by atomic mass is 32.1. The second-order valence-corrected chi connectivity index (χ2v) is 6.91. The molecule has 3 atom stereocenters. The molecule has 2 fully saturated rings. The van der Waals surface area contributed by atoms with E-state index in [1.54, 1.807) is 0 Å². The quantitative estimate of drug-likeness (QED) is 0.865. The molecule has 0 saturated carbocycles. The van der Waals surface area contributed by atoms with Crippen molar-refractivity contribution in [2.45, 2.75) is 31.0 Å². The van der Waals surface area contributed by atoms with Gasteiger partial charge in [-0.15, -0.1) is 0 Å². The van der Waals surface area contributed by atoms with Crippen molar-refractivity contribution in [1.29, 1.82) is 0 Å². The fourth-order valence-corrected chi connectivity index (χ4v) is 3.99. The van der Waals surface area contributed by atoms with Crippen molar-refractivity contribution >= 4 is 17.3 Å². The number of hydrogen-bond donors (Lipinski definition) is 1. The number of nitrogens with zero attached hydrogens (tertiary/aromatic N) is 3. The van der Waals surface area contributed by atoms with Crippen LogP contribution in [0.25, 0.3) is 0 Å². The third kappa shape index (κ3) is 2.91. The number of rotatable bonds is 4. The van der Waals surface area contributed by atoms with Gasteiger partial charge in [-0.05, 0) is 48.8 Å². The SMILES string of the molecule is Cn1ccc([C@H]2[C@H](c3ccccn3)NC(=S)N2C[C@@H]2CCCO2)c1. The summed E-state index contributed by atoms with van der Waals surface area (Å²) in [6.45, 7) is 1.69. The van der Waals surface area contributed by atoms with Gasteiger partial charge in [-0.2, -0.15) is 0 Å². The number of aromatic nitrogens is 2. The van der Waals surface area contributed by atoms with Gasteiger partial charge < -0.3 is 19.5 Å². The predicted octanol–water partition coefficient (Wildman–Crippen LogP) is 2.57. The van der Waals surface area contributed by atoms with Crippen molar-refractivity contribution < 1.29 is 4.74 Å². The normalized spacial score (nSPS) is 26.8. The summed E-state index contributed by atoms with van der Waals surface area (Å²) in [6, 6.07) is 8.39. The summed E-state index contributed by atoms with van der Waals surface area (Å²) in [4.78, 5) is 6.83. The molecule has 2 aromatic heterocycles. The molecule has 24 heavy (non-hydrogen) atoms. The van der Waals surface area contributed by atoms with Crippen molar-refractivity contribution in [1.82, 2.24) is 19.8 Å². The number of pyridine rings is 1. The minimum absolute atomic E-state index is 0.0579. The number of hydrogen-bond acceptors (Lipinski definition) is 3. The van der Waals surface area contributed by atoms with Crippen LogP contribution in [0.5, 0.6) is 0 Å². The molecular weight excluding hydrogens is 320 g/mol. The number of ether oxygens (including phenoxy) is 1. The summed E-state index contributed by atoms with van der Waals surface area (Å²) in [6.07, 6.45) is 8.59. The molecule has 2 aromatic rings. The van der Waals surface area contributed by atoms with E-state index < -0.39 is 0 Å². The van der Waals surface area contributed by atoms with Crippen LogP contribution in [0.1, 0.15) is 36.2 Å². The van der Waals surface area contributed by atoms with E-state index in [-0.39, 0.29) is 18.2 Å².